The molecule has 2 atom stereocenters. The number of likely N-dealkylation sites (tertiary alicyclic amines) is 1. The van der Waals surface area contributed by atoms with Crippen LogP contribution in [0.5, 0.6) is 0 Å². The molecule has 3 rings (SSSR count). The van der Waals surface area contributed by atoms with Crippen LogP contribution in [0.1, 0.15) is 39.3 Å². The van der Waals surface area contributed by atoms with Crippen LogP contribution < -0.4 is 5.32 Å². The largest absolute Gasteiger partial charge is 0.364 e. The van der Waals surface area contributed by atoms with Gasteiger partial charge >= 0.3 is 6.03 Å². The molecule has 23 heavy (non-hydrogen) atoms. The average molecular weight is 320 g/mol. The van der Waals surface area contributed by atoms with Crippen molar-refractivity contribution in [1.29, 1.82) is 0 Å². The third-order valence-corrected chi connectivity index (χ3v) is 4.96. The quantitative estimate of drug-likeness (QED) is 0.853. The molecule has 2 fully saturated rings. The Balaban J connectivity index is 1.73. The van der Waals surface area contributed by atoms with Crippen LogP contribution in [0.2, 0.25) is 0 Å². The molecule has 1 aromatic rings. The summed E-state index contributed by atoms with van der Waals surface area (Å²) in [6.45, 7) is 8.03. The van der Waals surface area contributed by atoms with Crippen LogP contribution >= 0.6 is 0 Å². The van der Waals surface area contributed by atoms with Gasteiger partial charge in [0.1, 0.15) is 11.8 Å². The number of hydrogen-bond acceptors (Lipinski definition) is 5. The topological polar surface area (TPSA) is 78.7 Å². The van der Waals surface area contributed by atoms with E-state index in [4.69, 9.17) is 4.52 Å². The Labute approximate surface area is 136 Å². The molecule has 0 radical (unpaired) electrons. The Bertz CT molecular complexity index is 586. The van der Waals surface area contributed by atoms with E-state index < -0.39 is 5.54 Å². The van der Waals surface area contributed by atoms with Gasteiger partial charge in [0.2, 0.25) is 0 Å². The first-order chi connectivity index (χ1) is 10.9. The number of urea groups is 1. The smallest absolute Gasteiger partial charge is 0.325 e. The summed E-state index contributed by atoms with van der Waals surface area (Å²) in [5.41, 5.74) is 0.0746. The number of aromatic nitrogens is 1. The highest BCUT2D eigenvalue weighted by molar-refractivity contribution is 6.07. The first kappa shape index (κ1) is 16.0. The fourth-order valence-corrected chi connectivity index (χ4v) is 3.64. The van der Waals surface area contributed by atoms with Crippen LogP contribution in [0, 0.1) is 5.92 Å². The number of carbonyl (C=O) groups excluding carboxylic acids is 2. The van der Waals surface area contributed by atoms with Crippen LogP contribution in [-0.2, 0) is 11.3 Å². The van der Waals surface area contributed by atoms with E-state index in [1.807, 2.05) is 26.8 Å². The predicted molar refractivity (Wildman–Crippen MR) is 83.4 cm³/mol. The van der Waals surface area contributed by atoms with Crippen molar-refractivity contribution in [2.75, 3.05) is 13.1 Å². The molecule has 2 aliphatic heterocycles. The molecular formula is C16H24N4O3. The Hall–Kier alpha value is -1.89. The number of rotatable bonds is 4. The van der Waals surface area contributed by atoms with E-state index in [1.165, 1.54) is 4.90 Å². The minimum absolute atomic E-state index is 0.100. The first-order valence-corrected chi connectivity index (χ1v) is 8.19. The molecule has 3 heterocycles. The lowest BCUT2D eigenvalue weighted by Gasteiger charge is -2.39. The number of piperidine rings is 1. The molecule has 3 amide bonds. The second-order valence-corrected chi connectivity index (χ2v) is 6.97. The van der Waals surface area contributed by atoms with Crippen molar-refractivity contribution in [1.82, 2.24) is 20.3 Å². The number of amides is 3. The number of nitrogens with zero attached hydrogens (tertiary/aromatic N) is 3. The summed E-state index contributed by atoms with van der Waals surface area (Å²) in [4.78, 5) is 28.6. The molecule has 0 unspecified atom stereocenters. The lowest BCUT2D eigenvalue weighted by molar-refractivity contribution is -0.134. The number of carbonyl (C=O) groups is 2. The van der Waals surface area contributed by atoms with Crippen molar-refractivity contribution >= 4 is 11.9 Å². The van der Waals surface area contributed by atoms with Crippen molar-refractivity contribution in [3.8, 4) is 0 Å². The van der Waals surface area contributed by atoms with Crippen LogP contribution in [-0.4, -0.2) is 51.6 Å². The zero-order valence-electron chi connectivity index (χ0n) is 13.9. The summed E-state index contributed by atoms with van der Waals surface area (Å²) >= 11 is 0. The zero-order valence-corrected chi connectivity index (χ0v) is 13.9. The fourth-order valence-electron chi connectivity index (χ4n) is 3.64. The summed E-state index contributed by atoms with van der Waals surface area (Å²) in [6.07, 6.45) is 3.51. The van der Waals surface area contributed by atoms with Gasteiger partial charge in [0.05, 0.1) is 5.69 Å². The highest BCUT2D eigenvalue weighted by Crippen LogP contribution is 2.33. The second kappa shape index (κ2) is 5.96. The molecule has 0 bridgehead atoms. The van der Waals surface area contributed by atoms with Gasteiger partial charge in [-0.05, 0) is 40.2 Å². The van der Waals surface area contributed by atoms with Gasteiger partial charge in [-0.25, -0.2) is 4.79 Å². The Morgan fingerprint density at radius 3 is 2.87 bits per heavy atom. The van der Waals surface area contributed by atoms with Gasteiger partial charge in [0, 0.05) is 31.1 Å². The van der Waals surface area contributed by atoms with Crippen molar-refractivity contribution in [3.63, 3.8) is 0 Å². The summed E-state index contributed by atoms with van der Waals surface area (Å²) in [7, 11) is 0. The van der Waals surface area contributed by atoms with E-state index in [0.717, 1.165) is 31.6 Å². The predicted octanol–water partition coefficient (Wildman–Crippen LogP) is 1.61. The number of nitrogens with one attached hydrogen (secondary N) is 1. The molecule has 2 aliphatic rings. The standard InChI is InChI=1S/C16H24N4O3/c1-11(2)20-14(21)16(3,17-15(20)22)12-5-4-7-19(9-12)10-13-6-8-23-18-13/h6,8,11-12H,4-5,7,9-10H2,1-3H3,(H,17,22)/t12-,16+/m1/s1. The van der Waals surface area contributed by atoms with Crippen molar-refractivity contribution in [2.45, 2.75) is 51.7 Å². The number of imide groups is 1. The van der Waals surface area contributed by atoms with Gasteiger partial charge in [-0.3, -0.25) is 14.6 Å². The van der Waals surface area contributed by atoms with Gasteiger partial charge in [0.15, 0.2) is 0 Å². The van der Waals surface area contributed by atoms with Gasteiger partial charge in [0.25, 0.3) is 5.91 Å². The summed E-state index contributed by atoms with van der Waals surface area (Å²) in [5.74, 6) is -0.00543. The second-order valence-electron chi connectivity index (χ2n) is 6.97. The molecular weight excluding hydrogens is 296 g/mol. The van der Waals surface area contributed by atoms with E-state index in [9.17, 15) is 9.59 Å². The van der Waals surface area contributed by atoms with Crippen LogP contribution in [0.25, 0.3) is 0 Å². The van der Waals surface area contributed by atoms with Gasteiger partial charge in [-0.2, -0.15) is 0 Å². The molecule has 1 N–H and O–H groups in total. The zero-order chi connectivity index (χ0) is 16.6. The monoisotopic (exact) mass is 320 g/mol. The van der Waals surface area contributed by atoms with Crippen molar-refractivity contribution < 1.29 is 14.1 Å². The normalized spacial score (nSPS) is 29.4. The van der Waals surface area contributed by atoms with Gasteiger partial charge in [-0.15, -0.1) is 0 Å². The minimum atomic E-state index is -0.816. The molecule has 0 aliphatic carbocycles. The summed E-state index contributed by atoms with van der Waals surface area (Å²) in [6, 6.07) is 1.45. The minimum Gasteiger partial charge on any atom is -0.364 e. The third-order valence-electron chi connectivity index (χ3n) is 4.96. The molecule has 7 nitrogen and oxygen atoms in total. The first-order valence-electron chi connectivity index (χ1n) is 8.19. The van der Waals surface area contributed by atoms with Gasteiger partial charge < -0.3 is 9.84 Å². The number of hydrogen-bond donors (Lipinski definition) is 1. The van der Waals surface area contributed by atoms with E-state index >= 15 is 0 Å². The maximum atomic E-state index is 12.8. The van der Waals surface area contributed by atoms with E-state index in [0.29, 0.717) is 6.54 Å². The lowest BCUT2D eigenvalue weighted by Crippen LogP contribution is -2.56. The summed E-state index contributed by atoms with van der Waals surface area (Å²) in [5, 5.41) is 6.89. The summed E-state index contributed by atoms with van der Waals surface area (Å²) < 4.78 is 4.88. The van der Waals surface area contributed by atoms with Crippen LogP contribution in [0.3, 0.4) is 0 Å². The molecule has 7 heteroatoms. The molecule has 0 spiro atoms. The van der Waals surface area contributed by atoms with Crippen molar-refractivity contribution in [2.24, 2.45) is 5.92 Å². The average Bonchev–Trinajstić information content (AvgIpc) is 3.07. The van der Waals surface area contributed by atoms with E-state index in [1.54, 1.807) is 6.26 Å². The van der Waals surface area contributed by atoms with E-state index in [2.05, 4.69) is 15.4 Å². The fraction of sp³-hybridized carbons (Fsp3) is 0.688. The SMILES string of the molecule is CC(C)N1C(=O)N[C@@](C)([C@@H]2CCCN(Cc3ccon3)C2)C1=O. The molecule has 0 saturated carbocycles. The van der Waals surface area contributed by atoms with E-state index in [-0.39, 0.29) is 23.9 Å². The van der Waals surface area contributed by atoms with Gasteiger partial charge in [-0.1, -0.05) is 5.16 Å². The lowest BCUT2D eigenvalue weighted by atomic mass is 9.79. The third kappa shape index (κ3) is 2.85. The maximum Gasteiger partial charge on any atom is 0.325 e. The highest BCUT2D eigenvalue weighted by Gasteiger charge is 2.53. The van der Waals surface area contributed by atoms with Crippen molar-refractivity contribution in [3.05, 3.63) is 18.0 Å². The van der Waals surface area contributed by atoms with Crippen LogP contribution in [0.15, 0.2) is 16.9 Å². The maximum absolute atomic E-state index is 12.8. The Morgan fingerprint density at radius 2 is 2.26 bits per heavy atom. The molecule has 0 aromatic carbocycles. The highest BCUT2D eigenvalue weighted by atomic mass is 16.5. The van der Waals surface area contributed by atoms with Crippen LogP contribution in [0.4, 0.5) is 4.79 Å². The molecule has 2 saturated heterocycles. The Morgan fingerprint density at radius 1 is 1.48 bits per heavy atom. The molecule has 126 valence electrons. The molecule has 1 aromatic heterocycles. The Kier molecular flexibility index (Phi) is 4.14.